The number of carbonyl (C=O) groups is 1. The van der Waals surface area contributed by atoms with Crippen molar-refractivity contribution in [2.75, 3.05) is 19.7 Å². The first kappa shape index (κ1) is 18.0. The van der Waals surface area contributed by atoms with Gasteiger partial charge in [0.25, 0.3) is 5.91 Å². The molecule has 4 rings (SSSR count). The van der Waals surface area contributed by atoms with E-state index in [9.17, 15) is 4.79 Å². The number of para-hydroxylation sites is 1. The van der Waals surface area contributed by atoms with E-state index in [1.165, 1.54) is 0 Å². The second kappa shape index (κ2) is 8.51. The van der Waals surface area contributed by atoms with Crippen molar-refractivity contribution in [3.05, 3.63) is 60.9 Å². The predicted molar refractivity (Wildman–Crippen MR) is 101 cm³/mol. The Bertz CT molecular complexity index is 876. The highest BCUT2D eigenvalue weighted by molar-refractivity contribution is 5.77. The number of amides is 1. The minimum atomic E-state index is -0.00864. The monoisotopic (exact) mass is 379 g/mol. The van der Waals surface area contributed by atoms with E-state index < -0.39 is 0 Å². The van der Waals surface area contributed by atoms with Gasteiger partial charge in [-0.3, -0.25) is 4.79 Å². The number of carbonyl (C=O) groups excluding carboxylic acids is 1. The first-order valence-electron chi connectivity index (χ1n) is 9.24. The minimum absolute atomic E-state index is 0.00864. The van der Waals surface area contributed by atoms with E-state index in [0.29, 0.717) is 30.5 Å². The molecule has 28 heavy (non-hydrogen) atoms. The fraction of sp³-hybridized carbons (Fsp3) is 0.300. The Morgan fingerprint density at radius 2 is 1.86 bits per heavy atom. The molecule has 3 heterocycles. The van der Waals surface area contributed by atoms with Crippen LogP contribution in [0.3, 0.4) is 0 Å². The van der Waals surface area contributed by atoms with E-state index in [0.717, 1.165) is 12.8 Å². The first-order valence-corrected chi connectivity index (χ1v) is 9.24. The maximum atomic E-state index is 12.3. The molecule has 0 radical (unpaired) electrons. The Kier molecular flexibility index (Phi) is 5.46. The fourth-order valence-electron chi connectivity index (χ4n) is 3.05. The van der Waals surface area contributed by atoms with Crippen molar-refractivity contribution in [1.82, 2.24) is 24.9 Å². The molecular weight excluding hydrogens is 358 g/mol. The largest absolute Gasteiger partial charge is 0.484 e. The lowest BCUT2D eigenvalue weighted by Crippen LogP contribution is -2.43. The summed E-state index contributed by atoms with van der Waals surface area (Å²) in [5, 5.41) is 12.4. The third-order valence-electron chi connectivity index (χ3n) is 4.55. The van der Waals surface area contributed by atoms with Crippen LogP contribution < -0.4 is 9.47 Å². The second-order valence-corrected chi connectivity index (χ2v) is 6.48. The molecule has 0 saturated carbocycles. The van der Waals surface area contributed by atoms with Crippen molar-refractivity contribution in [2.45, 2.75) is 18.9 Å². The van der Waals surface area contributed by atoms with Gasteiger partial charge in [0.15, 0.2) is 12.4 Å². The number of aromatic nitrogens is 4. The minimum Gasteiger partial charge on any atom is -0.484 e. The van der Waals surface area contributed by atoms with Crippen molar-refractivity contribution >= 4 is 5.91 Å². The lowest BCUT2D eigenvalue weighted by atomic mass is 10.1. The van der Waals surface area contributed by atoms with Crippen LogP contribution in [0.1, 0.15) is 12.8 Å². The topological polar surface area (TPSA) is 82.4 Å². The standard InChI is InChI=1S/C20H21N5O3/c26-20(15-27-16-5-2-1-3-6-16)24-13-9-17(10-14-24)28-19-8-7-18(22-23-19)25-12-4-11-21-25/h1-8,11-12,17H,9-10,13-15H2. The molecule has 0 atom stereocenters. The summed E-state index contributed by atoms with van der Waals surface area (Å²) in [5.74, 6) is 1.81. The number of hydrogen-bond acceptors (Lipinski definition) is 6. The van der Waals surface area contributed by atoms with Crippen LogP contribution in [-0.2, 0) is 4.79 Å². The van der Waals surface area contributed by atoms with Crippen LogP contribution in [0.2, 0.25) is 0 Å². The zero-order chi connectivity index (χ0) is 19.2. The Hall–Kier alpha value is -3.42. The molecule has 1 aliphatic heterocycles. The normalized spacial score (nSPS) is 14.6. The van der Waals surface area contributed by atoms with Crippen LogP contribution in [0, 0.1) is 0 Å². The molecule has 0 spiro atoms. The highest BCUT2D eigenvalue weighted by Gasteiger charge is 2.24. The molecule has 0 N–H and O–H groups in total. The van der Waals surface area contributed by atoms with Crippen LogP contribution in [0.4, 0.5) is 0 Å². The van der Waals surface area contributed by atoms with E-state index in [1.807, 2.05) is 47.4 Å². The summed E-state index contributed by atoms with van der Waals surface area (Å²) in [7, 11) is 0. The number of hydrogen-bond donors (Lipinski definition) is 0. The third-order valence-corrected chi connectivity index (χ3v) is 4.55. The van der Waals surface area contributed by atoms with Crippen molar-refractivity contribution < 1.29 is 14.3 Å². The fourth-order valence-corrected chi connectivity index (χ4v) is 3.05. The lowest BCUT2D eigenvalue weighted by molar-refractivity contribution is -0.135. The van der Waals surface area contributed by atoms with Gasteiger partial charge in [0.1, 0.15) is 11.9 Å². The van der Waals surface area contributed by atoms with Gasteiger partial charge < -0.3 is 14.4 Å². The van der Waals surface area contributed by atoms with Gasteiger partial charge in [0.2, 0.25) is 5.88 Å². The summed E-state index contributed by atoms with van der Waals surface area (Å²) in [6, 6.07) is 14.8. The predicted octanol–water partition coefficient (Wildman–Crippen LogP) is 2.11. The Morgan fingerprint density at radius 3 is 2.54 bits per heavy atom. The second-order valence-electron chi connectivity index (χ2n) is 6.48. The van der Waals surface area contributed by atoms with Crippen molar-refractivity contribution in [2.24, 2.45) is 0 Å². The molecule has 2 aromatic heterocycles. The number of nitrogens with zero attached hydrogens (tertiary/aromatic N) is 5. The van der Waals surface area contributed by atoms with Gasteiger partial charge in [-0.2, -0.15) is 5.10 Å². The zero-order valence-corrected chi connectivity index (χ0v) is 15.3. The van der Waals surface area contributed by atoms with Crippen LogP contribution in [0.25, 0.3) is 5.82 Å². The van der Waals surface area contributed by atoms with Crippen molar-refractivity contribution in [3.8, 4) is 17.4 Å². The van der Waals surface area contributed by atoms with E-state index in [4.69, 9.17) is 9.47 Å². The molecule has 3 aromatic rings. The van der Waals surface area contributed by atoms with Crippen LogP contribution in [-0.4, -0.2) is 56.6 Å². The number of piperidine rings is 1. The molecule has 0 unspecified atom stereocenters. The van der Waals surface area contributed by atoms with Crippen LogP contribution in [0.5, 0.6) is 11.6 Å². The Balaban J connectivity index is 1.23. The highest BCUT2D eigenvalue weighted by atomic mass is 16.5. The van der Waals surface area contributed by atoms with E-state index in [-0.39, 0.29) is 18.6 Å². The summed E-state index contributed by atoms with van der Waals surface area (Å²) in [6.07, 6.45) is 5.01. The number of ether oxygens (including phenoxy) is 2. The summed E-state index contributed by atoms with van der Waals surface area (Å²) >= 11 is 0. The smallest absolute Gasteiger partial charge is 0.260 e. The van der Waals surface area contributed by atoms with Gasteiger partial charge in [-0.1, -0.05) is 18.2 Å². The van der Waals surface area contributed by atoms with Crippen LogP contribution >= 0.6 is 0 Å². The van der Waals surface area contributed by atoms with E-state index in [1.54, 1.807) is 23.1 Å². The van der Waals surface area contributed by atoms with E-state index in [2.05, 4.69) is 15.3 Å². The summed E-state index contributed by atoms with van der Waals surface area (Å²) in [4.78, 5) is 14.1. The van der Waals surface area contributed by atoms with Crippen LogP contribution in [0.15, 0.2) is 60.9 Å². The quantitative estimate of drug-likeness (QED) is 0.652. The lowest BCUT2D eigenvalue weighted by Gasteiger charge is -2.31. The molecule has 1 aliphatic rings. The highest BCUT2D eigenvalue weighted by Crippen LogP contribution is 2.18. The number of rotatable bonds is 6. The summed E-state index contributed by atoms with van der Waals surface area (Å²) in [5.41, 5.74) is 0. The molecule has 8 nitrogen and oxygen atoms in total. The molecule has 1 amide bonds. The maximum absolute atomic E-state index is 12.3. The SMILES string of the molecule is O=C(COc1ccccc1)N1CCC(Oc2ccc(-n3cccn3)nn2)CC1. The molecular formula is C20H21N5O3. The van der Waals surface area contributed by atoms with Gasteiger partial charge in [-0.15, -0.1) is 10.2 Å². The molecule has 8 heteroatoms. The first-order chi connectivity index (χ1) is 13.8. The Labute approximate surface area is 162 Å². The third kappa shape index (κ3) is 4.46. The Morgan fingerprint density at radius 1 is 1.04 bits per heavy atom. The average Bonchev–Trinajstić information content (AvgIpc) is 3.29. The van der Waals surface area contributed by atoms with Gasteiger partial charge >= 0.3 is 0 Å². The van der Waals surface area contributed by atoms with Crippen molar-refractivity contribution in [3.63, 3.8) is 0 Å². The molecule has 144 valence electrons. The average molecular weight is 379 g/mol. The number of likely N-dealkylation sites (tertiary alicyclic amines) is 1. The molecule has 1 saturated heterocycles. The van der Waals surface area contributed by atoms with E-state index >= 15 is 0 Å². The van der Waals surface area contributed by atoms with Gasteiger partial charge in [0.05, 0.1) is 0 Å². The zero-order valence-electron chi connectivity index (χ0n) is 15.3. The summed E-state index contributed by atoms with van der Waals surface area (Å²) < 4.78 is 13.1. The summed E-state index contributed by atoms with van der Waals surface area (Å²) in [6.45, 7) is 1.33. The molecule has 1 fully saturated rings. The molecule has 0 bridgehead atoms. The van der Waals surface area contributed by atoms with Gasteiger partial charge in [-0.25, -0.2) is 4.68 Å². The molecule has 1 aromatic carbocycles. The van der Waals surface area contributed by atoms with Gasteiger partial charge in [0, 0.05) is 44.4 Å². The maximum Gasteiger partial charge on any atom is 0.260 e. The molecule has 0 aliphatic carbocycles. The number of benzene rings is 1. The van der Waals surface area contributed by atoms with Gasteiger partial charge in [-0.05, 0) is 24.3 Å². The van der Waals surface area contributed by atoms with Crippen molar-refractivity contribution in [1.29, 1.82) is 0 Å².